The maximum atomic E-state index is 11.9. The Balaban J connectivity index is 2.60. The van der Waals surface area contributed by atoms with E-state index in [1.54, 1.807) is 36.4 Å². The summed E-state index contributed by atoms with van der Waals surface area (Å²) >= 11 is 0. The van der Waals surface area contributed by atoms with E-state index in [4.69, 9.17) is 5.26 Å². The second-order valence-electron chi connectivity index (χ2n) is 4.01. The van der Waals surface area contributed by atoms with Crippen LogP contribution in [0.2, 0.25) is 0 Å². The van der Waals surface area contributed by atoms with E-state index in [-0.39, 0.29) is 12.5 Å². The summed E-state index contributed by atoms with van der Waals surface area (Å²) in [5.74, 6) is -0.126. The number of carbonyl (C=O) groups excluding carboxylic acids is 1. The molecule has 1 aromatic carbocycles. The van der Waals surface area contributed by atoms with Gasteiger partial charge in [0.15, 0.2) is 0 Å². The van der Waals surface area contributed by atoms with Crippen LogP contribution in [0, 0.1) is 11.3 Å². The quantitative estimate of drug-likeness (QED) is 0.760. The minimum Gasteiger partial charge on any atom is -0.325 e. The van der Waals surface area contributed by atoms with Gasteiger partial charge in [0.2, 0.25) is 5.91 Å². The molecular formula is C15H17N3O. The highest BCUT2D eigenvalue weighted by molar-refractivity contribution is 5.92. The lowest BCUT2D eigenvalue weighted by molar-refractivity contribution is -0.117. The van der Waals surface area contributed by atoms with Gasteiger partial charge < -0.3 is 5.32 Å². The summed E-state index contributed by atoms with van der Waals surface area (Å²) in [5, 5.41) is 11.6. The molecule has 0 radical (unpaired) electrons. The highest BCUT2D eigenvalue weighted by atomic mass is 16.2. The van der Waals surface area contributed by atoms with Crippen molar-refractivity contribution in [2.45, 2.75) is 0 Å². The predicted octanol–water partition coefficient (Wildman–Crippen LogP) is 2.17. The average molecular weight is 255 g/mol. The van der Waals surface area contributed by atoms with Crippen molar-refractivity contribution in [3.05, 3.63) is 55.1 Å². The summed E-state index contributed by atoms with van der Waals surface area (Å²) in [6, 6.07) is 8.86. The molecule has 0 spiro atoms. The van der Waals surface area contributed by atoms with Crippen LogP contribution in [0.1, 0.15) is 5.56 Å². The second kappa shape index (κ2) is 7.85. The zero-order chi connectivity index (χ0) is 14.1. The molecule has 0 aliphatic heterocycles. The minimum absolute atomic E-state index is 0.126. The van der Waals surface area contributed by atoms with Crippen LogP contribution in [-0.4, -0.2) is 30.4 Å². The van der Waals surface area contributed by atoms with Crippen molar-refractivity contribution in [2.75, 3.05) is 25.0 Å². The molecule has 0 saturated heterocycles. The fourth-order valence-corrected chi connectivity index (χ4v) is 1.64. The van der Waals surface area contributed by atoms with Crippen molar-refractivity contribution in [3.8, 4) is 6.07 Å². The van der Waals surface area contributed by atoms with E-state index in [0.717, 1.165) is 0 Å². The van der Waals surface area contributed by atoms with Crippen molar-refractivity contribution < 1.29 is 4.79 Å². The zero-order valence-electron chi connectivity index (χ0n) is 10.8. The van der Waals surface area contributed by atoms with Gasteiger partial charge in [0.05, 0.1) is 18.2 Å². The lowest BCUT2D eigenvalue weighted by Gasteiger charge is -2.18. The summed E-state index contributed by atoms with van der Waals surface area (Å²) in [6.07, 6.45) is 3.49. The molecule has 0 atom stereocenters. The molecular weight excluding hydrogens is 238 g/mol. The smallest absolute Gasteiger partial charge is 0.238 e. The van der Waals surface area contributed by atoms with Crippen LogP contribution in [0.15, 0.2) is 49.6 Å². The number of rotatable bonds is 7. The van der Waals surface area contributed by atoms with Gasteiger partial charge in [-0.25, -0.2) is 0 Å². The maximum absolute atomic E-state index is 11.9. The first-order chi connectivity index (χ1) is 9.19. The Morgan fingerprint density at radius 1 is 1.37 bits per heavy atom. The maximum Gasteiger partial charge on any atom is 0.238 e. The zero-order valence-corrected chi connectivity index (χ0v) is 10.8. The molecule has 1 aromatic rings. The van der Waals surface area contributed by atoms with Gasteiger partial charge in [-0.3, -0.25) is 9.69 Å². The molecule has 1 amide bonds. The molecule has 4 heteroatoms. The van der Waals surface area contributed by atoms with Crippen LogP contribution < -0.4 is 5.32 Å². The topological polar surface area (TPSA) is 56.1 Å². The predicted molar refractivity (Wildman–Crippen MR) is 76.6 cm³/mol. The highest BCUT2D eigenvalue weighted by Gasteiger charge is 2.08. The molecule has 0 aromatic heterocycles. The molecule has 19 heavy (non-hydrogen) atoms. The van der Waals surface area contributed by atoms with Gasteiger partial charge in [-0.1, -0.05) is 18.2 Å². The van der Waals surface area contributed by atoms with Gasteiger partial charge in [-0.05, 0) is 18.2 Å². The van der Waals surface area contributed by atoms with E-state index in [1.165, 1.54) is 0 Å². The number of nitrogens with zero attached hydrogens (tertiary/aromatic N) is 2. The fourth-order valence-electron chi connectivity index (χ4n) is 1.64. The van der Waals surface area contributed by atoms with Crippen molar-refractivity contribution in [2.24, 2.45) is 0 Å². The van der Waals surface area contributed by atoms with Gasteiger partial charge in [0, 0.05) is 18.8 Å². The standard InChI is InChI=1S/C15H17N3O/c1-3-8-18(9-4-2)12-15(19)17-14-7-5-6-13(10-14)11-16/h3-7,10H,1-2,8-9,12H2,(H,17,19). The third-order valence-electron chi connectivity index (χ3n) is 2.42. The third kappa shape index (κ3) is 5.19. The van der Waals surface area contributed by atoms with Crippen LogP contribution in [-0.2, 0) is 4.79 Å². The third-order valence-corrected chi connectivity index (χ3v) is 2.42. The fraction of sp³-hybridized carbons (Fsp3) is 0.200. The summed E-state index contributed by atoms with van der Waals surface area (Å²) in [6.45, 7) is 8.81. The summed E-state index contributed by atoms with van der Waals surface area (Å²) in [7, 11) is 0. The number of carbonyl (C=O) groups is 1. The lowest BCUT2D eigenvalue weighted by atomic mass is 10.2. The molecule has 4 nitrogen and oxygen atoms in total. The number of benzene rings is 1. The van der Waals surface area contributed by atoms with E-state index < -0.39 is 0 Å². The molecule has 1 N–H and O–H groups in total. The van der Waals surface area contributed by atoms with Crippen LogP contribution in [0.4, 0.5) is 5.69 Å². The highest BCUT2D eigenvalue weighted by Crippen LogP contribution is 2.09. The van der Waals surface area contributed by atoms with E-state index in [1.807, 2.05) is 11.0 Å². The SMILES string of the molecule is C=CCN(CC=C)CC(=O)Nc1cccc(C#N)c1. The second-order valence-corrected chi connectivity index (χ2v) is 4.01. The summed E-state index contributed by atoms with van der Waals surface area (Å²) < 4.78 is 0. The van der Waals surface area contributed by atoms with Crippen LogP contribution in [0.25, 0.3) is 0 Å². The monoisotopic (exact) mass is 255 g/mol. The number of anilines is 1. The molecule has 0 aliphatic carbocycles. The van der Waals surface area contributed by atoms with Crippen LogP contribution in [0.5, 0.6) is 0 Å². The average Bonchev–Trinajstić information content (AvgIpc) is 2.39. The molecule has 0 unspecified atom stereocenters. The summed E-state index contributed by atoms with van der Waals surface area (Å²) in [5.41, 5.74) is 1.15. The van der Waals surface area contributed by atoms with Gasteiger partial charge in [0.1, 0.15) is 0 Å². The number of hydrogen-bond acceptors (Lipinski definition) is 3. The van der Waals surface area contributed by atoms with Crippen molar-refractivity contribution in [1.82, 2.24) is 4.90 Å². The Bertz CT molecular complexity index is 492. The Morgan fingerprint density at radius 3 is 2.63 bits per heavy atom. The Hall–Kier alpha value is -2.38. The lowest BCUT2D eigenvalue weighted by Crippen LogP contribution is -2.33. The number of amides is 1. The van der Waals surface area contributed by atoms with E-state index in [2.05, 4.69) is 18.5 Å². The molecule has 1 rings (SSSR count). The van der Waals surface area contributed by atoms with E-state index in [9.17, 15) is 4.79 Å². The molecule has 0 heterocycles. The first kappa shape index (κ1) is 14.7. The largest absolute Gasteiger partial charge is 0.325 e. The normalized spacial score (nSPS) is 9.68. The van der Waals surface area contributed by atoms with Crippen molar-refractivity contribution in [1.29, 1.82) is 5.26 Å². The Morgan fingerprint density at radius 2 is 2.05 bits per heavy atom. The van der Waals surface area contributed by atoms with Gasteiger partial charge in [-0.2, -0.15) is 5.26 Å². The molecule has 98 valence electrons. The minimum atomic E-state index is -0.126. The van der Waals surface area contributed by atoms with E-state index in [0.29, 0.717) is 24.3 Å². The first-order valence-electron chi connectivity index (χ1n) is 5.93. The van der Waals surface area contributed by atoms with Crippen molar-refractivity contribution in [3.63, 3.8) is 0 Å². The first-order valence-corrected chi connectivity index (χ1v) is 5.93. The van der Waals surface area contributed by atoms with Crippen LogP contribution in [0.3, 0.4) is 0 Å². The molecule has 0 bridgehead atoms. The molecule has 0 aliphatic rings. The molecule has 0 fully saturated rings. The van der Waals surface area contributed by atoms with Gasteiger partial charge >= 0.3 is 0 Å². The van der Waals surface area contributed by atoms with E-state index >= 15 is 0 Å². The number of hydrogen-bond donors (Lipinski definition) is 1. The van der Waals surface area contributed by atoms with Gasteiger partial charge in [0.25, 0.3) is 0 Å². The van der Waals surface area contributed by atoms with Crippen LogP contribution >= 0.6 is 0 Å². The number of nitriles is 1. The Labute approximate surface area is 113 Å². The van der Waals surface area contributed by atoms with Crippen molar-refractivity contribution >= 4 is 11.6 Å². The van der Waals surface area contributed by atoms with Gasteiger partial charge in [-0.15, -0.1) is 13.2 Å². The molecule has 0 saturated carbocycles. The summed E-state index contributed by atoms with van der Waals surface area (Å²) in [4.78, 5) is 13.8. The number of nitrogens with one attached hydrogen (secondary N) is 1. The Kier molecular flexibility index (Phi) is 6.07.